The first-order valence-electron chi connectivity index (χ1n) is 10.6. The molecule has 0 amide bonds. The van der Waals surface area contributed by atoms with Gasteiger partial charge in [0.05, 0.1) is 18.5 Å². The zero-order chi connectivity index (χ0) is 21.6. The molecule has 1 atom stereocenters. The summed E-state index contributed by atoms with van der Waals surface area (Å²) >= 11 is 1.54. The van der Waals surface area contributed by atoms with Crippen molar-refractivity contribution in [3.63, 3.8) is 0 Å². The topological polar surface area (TPSA) is 82.1 Å². The van der Waals surface area contributed by atoms with Gasteiger partial charge in [-0.3, -0.25) is 4.90 Å². The van der Waals surface area contributed by atoms with Crippen molar-refractivity contribution < 1.29 is 13.7 Å². The van der Waals surface area contributed by atoms with Crippen molar-refractivity contribution in [2.75, 3.05) is 32.8 Å². The zero-order valence-electron chi connectivity index (χ0n) is 17.8. The van der Waals surface area contributed by atoms with Crippen LogP contribution in [-0.4, -0.2) is 62.7 Å². The maximum atomic E-state index is 13.4. The Balaban J connectivity index is 1.55. The predicted molar refractivity (Wildman–Crippen MR) is 115 cm³/mol. The van der Waals surface area contributed by atoms with Gasteiger partial charge in [-0.25, -0.2) is 4.39 Å². The minimum Gasteiger partial charge on any atom is -0.379 e. The Hall–Kier alpha value is -2.30. The van der Waals surface area contributed by atoms with Gasteiger partial charge in [-0.2, -0.15) is 4.98 Å². The van der Waals surface area contributed by atoms with Gasteiger partial charge in [-0.15, -0.1) is 10.2 Å². The molecule has 166 valence electrons. The lowest BCUT2D eigenvalue weighted by atomic mass is 10.2. The number of aromatic nitrogens is 5. The Kier molecular flexibility index (Phi) is 7.31. The normalized spacial score (nSPS) is 16.0. The van der Waals surface area contributed by atoms with Gasteiger partial charge >= 0.3 is 0 Å². The Morgan fingerprint density at radius 1 is 1.13 bits per heavy atom. The van der Waals surface area contributed by atoms with Crippen molar-refractivity contribution in [3.05, 3.63) is 41.8 Å². The number of aryl methyl sites for hydroxylation is 1. The number of thioether (sulfide) groups is 1. The average molecular weight is 447 g/mol. The van der Waals surface area contributed by atoms with E-state index < -0.39 is 0 Å². The molecular weight excluding hydrogens is 419 g/mol. The van der Waals surface area contributed by atoms with Crippen LogP contribution in [0.25, 0.3) is 11.4 Å². The molecule has 10 heteroatoms. The highest BCUT2D eigenvalue weighted by molar-refractivity contribution is 7.99. The van der Waals surface area contributed by atoms with Crippen LogP contribution in [0.5, 0.6) is 0 Å². The molecule has 0 spiro atoms. The second-order valence-electron chi connectivity index (χ2n) is 7.48. The molecule has 1 aliphatic heterocycles. The summed E-state index contributed by atoms with van der Waals surface area (Å²) in [6.45, 7) is 9.02. The second-order valence-corrected chi connectivity index (χ2v) is 8.79. The van der Waals surface area contributed by atoms with Gasteiger partial charge in [0, 0.05) is 38.2 Å². The van der Waals surface area contributed by atoms with Crippen LogP contribution >= 0.6 is 11.8 Å². The van der Waals surface area contributed by atoms with E-state index in [2.05, 4.69) is 36.7 Å². The Morgan fingerprint density at radius 3 is 2.65 bits per heavy atom. The van der Waals surface area contributed by atoms with E-state index in [0.717, 1.165) is 74.6 Å². The van der Waals surface area contributed by atoms with Gasteiger partial charge in [-0.05, 0) is 37.6 Å². The SMILES string of the molecule is CCCc1noc(C(C)Sc2nnc(-c3ccc(F)cc3)n2CCN2CCOCC2)n1. The molecule has 0 N–H and O–H groups in total. The molecule has 1 fully saturated rings. The standard InChI is InChI=1S/C21H27FN6O2S/c1-3-4-18-23-20(30-26-18)15(2)31-21-25-24-19(16-5-7-17(22)8-6-16)28(21)10-9-27-11-13-29-14-12-27/h5-8,15H,3-4,9-14H2,1-2H3. The first-order valence-corrected chi connectivity index (χ1v) is 11.5. The van der Waals surface area contributed by atoms with Crippen molar-refractivity contribution in [2.24, 2.45) is 0 Å². The summed E-state index contributed by atoms with van der Waals surface area (Å²) in [5, 5.41) is 13.6. The van der Waals surface area contributed by atoms with Crippen molar-refractivity contribution >= 4 is 11.8 Å². The number of nitrogens with zero attached hydrogens (tertiary/aromatic N) is 6. The Bertz CT molecular complexity index is 971. The number of hydrogen-bond acceptors (Lipinski definition) is 8. The molecule has 1 aliphatic rings. The average Bonchev–Trinajstić information content (AvgIpc) is 3.41. The molecule has 0 bridgehead atoms. The number of rotatable bonds is 9. The fourth-order valence-electron chi connectivity index (χ4n) is 3.42. The van der Waals surface area contributed by atoms with Crippen LogP contribution in [0.3, 0.4) is 0 Å². The Morgan fingerprint density at radius 2 is 1.90 bits per heavy atom. The lowest BCUT2D eigenvalue weighted by molar-refractivity contribution is 0.0361. The van der Waals surface area contributed by atoms with Crippen LogP contribution in [0, 0.1) is 5.82 Å². The molecule has 2 aromatic heterocycles. The summed E-state index contributed by atoms with van der Waals surface area (Å²) in [5.74, 6) is 1.76. The molecule has 3 heterocycles. The van der Waals surface area contributed by atoms with Crippen LogP contribution in [-0.2, 0) is 17.7 Å². The Labute approximate surface area is 185 Å². The summed E-state index contributed by atoms with van der Waals surface area (Å²) in [4.78, 5) is 6.87. The van der Waals surface area contributed by atoms with Crippen molar-refractivity contribution in [3.8, 4) is 11.4 Å². The van der Waals surface area contributed by atoms with E-state index in [9.17, 15) is 4.39 Å². The molecule has 31 heavy (non-hydrogen) atoms. The van der Waals surface area contributed by atoms with Gasteiger partial charge in [0.15, 0.2) is 16.8 Å². The summed E-state index contributed by atoms with van der Waals surface area (Å²) in [7, 11) is 0. The third-order valence-corrected chi connectivity index (χ3v) is 6.22. The molecule has 1 aromatic carbocycles. The molecule has 1 unspecified atom stereocenters. The largest absolute Gasteiger partial charge is 0.379 e. The summed E-state index contributed by atoms with van der Waals surface area (Å²) in [6, 6.07) is 6.36. The van der Waals surface area contributed by atoms with Gasteiger partial charge in [-0.1, -0.05) is 23.8 Å². The maximum absolute atomic E-state index is 13.4. The molecule has 3 aromatic rings. The highest BCUT2D eigenvalue weighted by Crippen LogP contribution is 2.34. The molecule has 1 saturated heterocycles. The van der Waals surface area contributed by atoms with Crippen LogP contribution in [0.2, 0.25) is 0 Å². The second kappa shape index (κ2) is 10.3. The number of benzene rings is 1. The predicted octanol–water partition coefficient (Wildman–Crippen LogP) is 3.61. The minimum absolute atomic E-state index is 0.0643. The van der Waals surface area contributed by atoms with Crippen molar-refractivity contribution in [2.45, 2.75) is 43.6 Å². The smallest absolute Gasteiger partial charge is 0.239 e. The van der Waals surface area contributed by atoms with Crippen molar-refractivity contribution in [1.82, 2.24) is 29.8 Å². The first kappa shape index (κ1) is 21.9. The molecular formula is C21H27FN6O2S. The third-order valence-electron chi connectivity index (χ3n) is 5.15. The van der Waals surface area contributed by atoms with Crippen LogP contribution < -0.4 is 0 Å². The number of morpholine rings is 1. The van der Waals surface area contributed by atoms with Gasteiger partial charge in [0.1, 0.15) is 5.82 Å². The summed E-state index contributed by atoms with van der Waals surface area (Å²) < 4.78 is 26.4. The van der Waals surface area contributed by atoms with E-state index in [1.165, 1.54) is 23.9 Å². The van der Waals surface area contributed by atoms with Gasteiger partial charge in [0.25, 0.3) is 0 Å². The van der Waals surface area contributed by atoms with Crippen LogP contribution in [0.15, 0.2) is 33.9 Å². The molecule has 8 nitrogen and oxygen atoms in total. The molecule has 0 saturated carbocycles. The minimum atomic E-state index is -0.273. The third kappa shape index (κ3) is 5.50. The van der Waals surface area contributed by atoms with E-state index in [0.29, 0.717) is 5.89 Å². The highest BCUT2D eigenvalue weighted by atomic mass is 32.2. The van der Waals surface area contributed by atoms with E-state index in [1.54, 1.807) is 12.1 Å². The van der Waals surface area contributed by atoms with Crippen LogP contribution in [0.1, 0.15) is 37.2 Å². The first-order chi connectivity index (χ1) is 15.1. The van der Waals surface area contributed by atoms with E-state index in [1.807, 2.05) is 6.92 Å². The lowest BCUT2D eigenvalue weighted by Crippen LogP contribution is -2.38. The van der Waals surface area contributed by atoms with E-state index in [-0.39, 0.29) is 11.1 Å². The number of halogens is 1. The maximum Gasteiger partial charge on any atom is 0.239 e. The van der Waals surface area contributed by atoms with Gasteiger partial charge in [0.2, 0.25) is 5.89 Å². The number of ether oxygens (including phenoxy) is 1. The van der Waals surface area contributed by atoms with Gasteiger partial charge < -0.3 is 13.8 Å². The fourth-order valence-corrected chi connectivity index (χ4v) is 4.33. The van der Waals surface area contributed by atoms with Crippen LogP contribution in [0.4, 0.5) is 4.39 Å². The lowest BCUT2D eigenvalue weighted by Gasteiger charge is -2.27. The fraction of sp³-hybridized carbons (Fsp3) is 0.524. The van der Waals surface area contributed by atoms with E-state index >= 15 is 0 Å². The summed E-state index contributed by atoms with van der Waals surface area (Å²) in [6.07, 6.45) is 1.77. The molecule has 4 rings (SSSR count). The highest BCUT2D eigenvalue weighted by Gasteiger charge is 2.22. The zero-order valence-corrected chi connectivity index (χ0v) is 18.6. The van der Waals surface area contributed by atoms with Crippen molar-refractivity contribution in [1.29, 1.82) is 0 Å². The summed E-state index contributed by atoms with van der Waals surface area (Å²) in [5.41, 5.74) is 0.832. The monoisotopic (exact) mass is 446 g/mol. The quantitative estimate of drug-likeness (QED) is 0.461. The number of hydrogen-bond donors (Lipinski definition) is 0. The molecule has 0 aliphatic carbocycles. The molecule has 0 radical (unpaired) electrons. The van der Waals surface area contributed by atoms with E-state index in [4.69, 9.17) is 9.26 Å².